The molecule has 114 valence electrons. The highest BCUT2D eigenvalue weighted by atomic mass is 35.5. The molecule has 4 heteroatoms. The average Bonchev–Trinajstić information content (AvgIpc) is 2.51. The van der Waals surface area contributed by atoms with E-state index in [1.165, 1.54) is 0 Å². The van der Waals surface area contributed by atoms with Crippen molar-refractivity contribution in [1.29, 1.82) is 0 Å². The molecule has 1 heterocycles. The van der Waals surface area contributed by atoms with Gasteiger partial charge in [-0.2, -0.15) is 0 Å². The van der Waals surface area contributed by atoms with Gasteiger partial charge in [-0.3, -0.25) is 9.59 Å². The van der Waals surface area contributed by atoms with E-state index < -0.39 is 4.87 Å². The molecule has 0 saturated carbocycles. The summed E-state index contributed by atoms with van der Waals surface area (Å²) >= 11 is 6.52. The van der Waals surface area contributed by atoms with Gasteiger partial charge >= 0.3 is 0 Å². The predicted molar refractivity (Wildman–Crippen MR) is 86.1 cm³/mol. The summed E-state index contributed by atoms with van der Waals surface area (Å²) in [6, 6.07) is 7.27. The number of amides is 1. The van der Waals surface area contributed by atoms with Crippen LogP contribution in [-0.2, 0) is 4.79 Å². The molecule has 1 atom stereocenters. The van der Waals surface area contributed by atoms with Crippen LogP contribution in [0.4, 0.5) is 5.69 Å². The molecule has 1 aromatic carbocycles. The van der Waals surface area contributed by atoms with Gasteiger partial charge in [-0.1, -0.05) is 56.8 Å². The third-order valence-electron chi connectivity index (χ3n) is 3.99. The minimum absolute atomic E-state index is 0.244. The molecular weight excluding hydrogens is 286 g/mol. The van der Waals surface area contributed by atoms with Gasteiger partial charge in [-0.25, -0.2) is 0 Å². The Bertz CT molecular complexity index is 543. The van der Waals surface area contributed by atoms with Gasteiger partial charge in [-0.15, -0.1) is 0 Å². The molecule has 1 amide bonds. The fourth-order valence-corrected chi connectivity index (χ4v) is 3.05. The summed E-state index contributed by atoms with van der Waals surface area (Å²) in [6.07, 6.45) is 3.97. The molecule has 0 radical (unpaired) electrons. The van der Waals surface area contributed by atoms with Crippen LogP contribution in [0, 0.1) is 0 Å². The molecule has 1 unspecified atom stereocenters. The summed E-state index contributed by atoms with van der Waals surface area (Å²) in [4.78, 5) is 25.8. The van der Waals surface area contributed by atoms with Gasteiger partial charge in [0.05, 0.1) is 5.69 Å². The van der Waals surface area contributed by atoms with Gasteiger partial charge < -0.3 is 4.90 Å². The van der Waals surface area contributed by atoms with Crippen LogP contribution in [0.1, 0.15) is 56.3 Å². The lowest BCUT2D eigenvalue weighted by atomic mass is 9.85. The first-order valence-electron chi connectivity index (χ1n) is 7.71. The average molecular weight is 308 g/mol. The van der Waals surface area contributed by atoms with Crippen LogP contribution < -0.4 is 4.90 Å². The summed E-state index contributed by atoms with van der Waals surface area (Å²) in [5, 5.41) is 0. The molecule has 0 aliphatic carbocycles. The van der Waals surface area contributed by atoms with Crippen molar-refractivity contribution < 1.29 is 9.59 Å². The van der Waals surface area contributed by atoms with E-state index in [1.54, 1.807) is 11.0 Å². The standard InChI is InChI=1S/C17H22ClNO2/c1-3-5-11-17(18)15(20)13-9-7-8-10-14(13)19(16(17)21)12-6-4-2/h7-10H,3-6,11-12H2,1-2H3. The summed E-state index contributed by atoms with van der Waals surface area (Å²) < 4.78 is 0. The number of ketones is 1. The molecule has 1 aromatic rings. The number of Topliss-reactive ketones (excluding diaryl/α,β-unsaturated/α-hetero) is 1. The molecule has 1 aliphatic heterocycles. The molecule has 0 bridgehead atoms. The lowest BCUT2D eigenvalue weighted by molar-refractivity contribution is -0.120. The first-order chi connectivity index (χ1) is 10.1. The van der Waals surface area contributed by atoms with Crippen molar-refractivity contribution in [3.8, 4) is 0 Å². The van der Waals surface area contributed by atoms with Crippen LogP contribution in [0.3, 0.4) is 0 Å². The van der Waals surface area contributed by atoms with Crippen LogP contribution in [-0.4, -0.2) is 23.1 Å². The second-order valence-electron chi connectivity index (χ2n) is 5.56. The fourth-order valence-electron chi connectivity index (χ4n) is 2.71. The SMILES string of the molecule is CCCCN1C(=O)C(Cl)(CCCC)C(=O)c2ccccc21. The Morgan fingerprint density at radius 1 is 1.10 bits per heavy atom. The van der Waals surface area contributed by atoms with Crippen LogP contribution >= 0.6 is 11.6 Å². The second kappa shape index (κ2) is 6.61. The third-order valence-corrected chi connectivity index (χ3v) is 4.52. The van der Waals surface area contributed by atoms with Crippen LogP contribution in [0.25, 0.3) is 0 Å². The lowest BCUT2D eigenvalue weighted by Crippen LogP contribution is -2.55. The molecule has 0 N–H and O–H groups in total. The van der Waals surface area contributed by atoms with Crippen LogP contribution in [0.15, 0.2) is 24.3 Å². The Morgan fingerprint density at radius 3 is 2.43 bits per heavy atom. The van der Waals surface area contributed by atoms with E-state index in [0.717, 1.165) is 25.7 Å². The molecular formula is C17H22ClNO2. The number of unbranched alkanes of at least 4 members (excludes halogenated alkanes) is 2. The first kappa shape index (κ1) is 16.0. The maximum absolute atomic E-state index is 12.8. The highest BCUT2D eigenvalue weighted by Crippen LogP contribution is 2.39. The van der Waals surface area contributed by atoms with Crippen molar-refractivity contribution >= 4 is 29.0 Å². The van der Waals surface area contributed by atoms with Crippen molar-refractivity contribution in [3.63, 3.8) is 0 Å². The molecule has 2 rings (SSSR count). The summed E-state index contributed by atoms with van der Waals surface area (Å²) in [5.74, 6) is -0.499. The lowest BCUT2D eigenvalue weighted by Gasteiger charge is -2.38. The monoisotopic (exact) mass is 307 g/mol. The van der Waals surface area contributed by atoms with E-state index in [9.17, 15) is 9.59 Å². The molecule has 0 spiro atoms. The van der Waals surface area contributed by atoms with Gasteiger partial charge in [0.25, 0.3) is 5.91 Å². The zero-order valence-electron chi connectivity index (χ0n) is 12.7. The number of benzene rings is 1. The maximum atomic E-state index is 12.8. The number of alkyl halides is 1. The van der Waals surface area contributed by atoms with E-state index in [4.69, 9.17) is 11.6 Å². The number of hydrogen-bond donors (Lipinski definition) is 0. The Hall–Kier alpha value is -1.35. The Kier molecular flexibility index (Phi) is 5.04. The largest absolute Gasteiger partial charge is 0.310 e. The Labute approximate surface area is 131 Å². The zero-order valence-corrected chi connectivity index (χ0v) is 13.4. The van der Waals surface area contributed by atoms with Gasteiger partial charge in [0, 0.05) is 12.1 Å². The number of fused-ring (bicyclic) bond motifs is 1. The van der Waals surface area contributed by atoms with Gasteiger partial charge in [-0.05, 0) is 25.0 Å². The number of nitrogens with zero attached hydrogens (tertiary/aromatic N) is 1. The number of carbonyl (C=O) groups is 2. The molecule has 0 aromatic heterocycles. The van der Waals surface area contributed by atoms with Gasteiger partial charge in [0.2, 0.25) is 0 Å². The van der Waals surface area contributed by atoms with Gasteiger partial charge in [0.1, 0.15) is 0 Å². The smallest absolute Gasteiger partial charge is 0.256 e. The number of rotatable bonds is 6. The minimum Gasteiger partial charge on any atom is -0.310 e. The highest BCUT2D eigenvalue weighted by Gasteiger charge is 2.50. The van der Waals surface area contributed by atoms with Crippen molar-refractivity contribution in [2.24, 2.45) is 0 Å². The quantitative estimate of drug-likeness (QED) is 0.584. The van der Waals surface area contributed by atoms with Crippen LogP contribution in [0.5, 0.6) is 0 Å². The third kappa shape index (κ3) is 2.84. The number of halogens is 1. The predicted octanol–water partition coefficient (Wildman–Crippen LogP) is 4.18. The van der Waals surface area contributed by atoms with Crippen LogP contribution in [0.2, 0.25) is 0 Å². The van der Waals surface area contributed by atoms with Crippen molar-refractivity contribution in [1.82, 2.24) is 0 Å². The number of para-hydroxylation sites is 1. The second-order valence-corrected chi connectivity index (χ2v) is 6.21. The molecule has 21 heavy (non-hydrogen) atoms. The topological polar surface area (TPSA) is 37.4 Å². The van der Waals surface area contributed by atoms with E-state index in [1.807, 2.05) is 25.1 Å². The molecule has 0 saturated heterocycles. The Morgan fingerprint density at radius 2 is 1.76 bits per heavy atom. The van der Waals surface area contributed by atoms with Gasteiger partial charge in [0.15, 0.2) is 10.7 Å². The summed E-state index contributed by atoms with van der Waals surface area (Å²) in [7, 11) is 0. The van der Waals surface area contributed by atoms with E-state index >= 15 is 0 Å². The Balaban J connectivity index is 2.44. The normalized spacial score (nSPS) is 21.6. The highest BCUT2D eigenvalue weighted by molar-refractivity contribution is 6.52. The number of carbonyl (C=O) groups excluding carboxylic acids is 2. The summed E-state index contributed by atoms with van der Waals surface area (Å²) in [6.45, 7) is 4.72. The number of hydrogen-bond acceptors (Lipinski definition) is 2. The van der Waals surface area contributed by atoms with Crippen molar-refractivity contribution in [3.05, 3.63) is 29.8 Å². The van der Waals surface area contributed by atoms with Crippen molar-refractivity contribution in [2.45, 2.75) is 50.8 Å². The van der Waals surface area contributed by atoms with E-state index in [0.29, 0.717) is 24.2 Å². The van der Waals surface area contributed by atoms with E-state index in [-0.39, 0.29) is 11.7 Å². The van der Waals surface area contributed by atoms with E-state index in [2.05, 4.69) is 6.92 Å². The summed E-state index contributed by atoms with van der Waals surface area (Å²) in [5.41, 5.74) is 1.27. The number of anilines is 1. The fraction of sp³-hybridized carbons (Fsp3) is 0.529. The minimum atomic E-state index is -1.42. The molecule has 1 aliphatic rings. The zero-order chi connectivity index (χ0) is 15.5. The van der Waals surface area contributed by atoms with Crippen molar-refractivity contribution in [2.75, 3.05) is 11.4 Å². The maximum Gasteiger partial charge on any atom is 0.256 e. The molecule has 0 fully saturated rings. The first-order valence-corrected chi connectivity index (χ1v) is 8.08. The molecule has 3 nitrogen and oxygen atoms in total.